The Morgan fingerprint density at radius 2 is 2.00 bits per heavy atom. The highest BCUT2D eigenvalue weighted by atomic mass is 31.0. The Morgan fingerprint density at radius 3 is 2.77 bits per heavy atom. The molecule has 0 saturated heterocycles. The summed E-state index contributed by atoms with van der Waals surface area (Å²) in [6.07, 6.45) is 11.2. The third-order valence-electron chi connectivity index (χ3n) is 5.37. The zero-order chi connectivity index (χ0) is 24.8. The summed E-state index contributed by atoms with van der Waals surface area (Å²) in [4.78, 5) is 18.1. The smallest absolute Gasteiger partial charge is 0.145 e. The minimum atomic E-state index is 0.534. The van der Waals surface area contributed by atoms with Crippen LogP contribution in [0.4, 0.5) is 5.82 Å². The molecule has 0 aliphatic heterocycles. The number of pyridine rings is 2. The molecular weight excluding hydrogens is 453 g/mol. The summed E-state index contributed by atoms with van der Waals surface area (Å²) < 4.78 is 5.65. The molecule has 1 atom stereocenters. The van der Waals surface area contributed by atoms with Gasteiger partial charge in [-0.3, -0.25) is 9.97 Å². The van der Waals surface area contributed by atoms with Crippen molar-refractivity contribution in [2.45, 2.75) is 20.4 Å². The lowest BCUT2D eigenvalue weighted by atomic mass is 10.1. The molecule has 0 bridgehead atoms. The normalized spacial score (nSPS) is 11.7. The topological polar surface area (TPSA) is 72.8 Å². The van der Waals surface area contributed by atoms with Crippen LogP contribution in [0.5, 0.6) is 5.75 Å². The first-order valence-electron chi connectivity index (χ1n) is 11.2. The molecule has 0 amide bonds. The van der Waals surface area contributed by atoms with Crippen LogP contribution in [0.25, 0.3) is 27.7 Å². The molecular formula is C28H28N5OP. The maximum absolute atomic E-state index is 5.65. The molecule has 4 rings (SSSR count). The van der Waals surface area contributed by atoms with Gasteiger partial charge in [0.15, 0.2) is 0 Å². The van der Waals surface area contributed by atoms with Gasteiger partial charge >= 0.3 is 0 Å². The lowest BCUT2D eigenvalue weighted by Crippen LogP contribution is -2.13. The average Bonchev–Trinajstić information content (AvgIpc) is 2.87. The molecule has 1 N–H and O–H groups in total. The molecule has 4 aromatic rings. The summed E-state index contributed by atoms with van der Waals surface area (Å²) >= 11 is 0. The van der Waals surface area contributed by atoms with E-state index in [0.29, 0.717) is 12.3 Å². The summed E-state index contributed by atoms with van der Waals surface area (Å²) in [5, 5.41) is 5.38. The number of hydrogen-bond donors (Lipinski definition) is 1. The third kappa shape index (κ3) is 5.61. The second kappa shape index (κ2) is 11.0. The minimum Gasteiger partial charge on any atom is -0.494 e. The molecule has 0 saturated carbocycles. The fourth-order valence-electron chi connectivity index (χ4n) is 3.77. The maximum Gasteiger partial charge on any atom is 0.145 e. The Balaban J connectivity index is 1.58. The molecule has 3 heterocycles. The van der Waals surface area contributed by atoms with Gasteiger partial charge in [0.25, 0.3) is 0 Å². The van der Waals surface area contributed by atoms with Crippen molar-refractivity contribution >= 4 is 36.8 Å². The van der Waals surface area contributed by atoms with E-state index in [2.05, 4.69) is 47.1 Å². The second-order valence-electron chi connectivity index (χ2n) is 8.09. The van der Waals surface area contributed by atoms with E-state index in [-0.39, 0.29) is 0 Å². The van der Waals surface area contributed by atoms with Gasteiger partial charge in [-0.15, -0.1) is 0 Å². The number of nitrogens with one attached hydrogen (secondary N) is 1. The van der Waals surface area contributed by atoms with Crippen molar-refractivity contribution in [3.05, 3.63) is 96.8 Å². The first-order chi connectivity index (χ1) is 17.0. The molecule has 0 aliphatic carbocycles. The number of fused-ring (bicyclic) bond motifs is 1. The fraction of sp³-hybridized carbons (Fsp3) is 0.143. The molecule has 0 fully saturated rings. The predicted molar refractivity (Wildman–Crippen MR) is 148 cm³/mol. The summed E-state index contributed by atoms with van der Waals surface area (Å²) in [6, 6.07) is 12.1. The first-order valence-corrected chi connectivity index (χ1v) is 11.8. The van der Waals surface area contributed by atoms with Crippen LogP contribution in [0.3, 0.4) is 0 Å². The van der Waals surface area contributed by atoms with E-state index in [1.807, 2.05) is 68.6 Å². The number of benzene rings is 1. The van der Waals surface area contributed by atoms with E-state index >= 15 is 0 Å². The van der Waals surface area contributed by atoms with Gasteiger partial charge in [-0.1, -0.05) is 51.8 Å². The summed E-state index contributed by atoms with van der Waals surface area (Å²) in [7, 11) is 4.42. The van der Waals surface area contributed by atoms with Crippen molar-refractivity contribution in [1.29, 1.82) is 0 Å². The van der Waals surface area contributed by atoms with Gasteiger partial charge in [0.05, 0.1) is 18.3 Å². The lowest BCUT2D eigenvalue weighted by Gasteiger charge is -2.14. The summed E-state index contributed by atoms with van der Waals surface area (Å²) in [5.74, 6) is 1.44. The molecule has 35 heavy (non-hydrogen) atoms. The molecule has 0 spiro atoms. The minimum absolute atomic E-state index is 0.534. The van der Waals surface area contributed by atoms with E-state index < -0.39 is 0 Å². The van der Waals surface area contributed by atoms with Crippen LogP contribution in [0, 0.1) is 0 Å². The van der Waals surface area contributed by atoms with Crippen LogP contribution >= 0.6 is 9.24 Å². The lowest BCUT2D eigenvalue weighted by molar-refractivity contribution is 0.411. The van der Waals surface area contributed by atoms with Gasteiger partial charge in [-0.25, -0.2) is 9.97 Å². The molecule has 7 heteroatoms. The fourth-order valence-corrected chi connectivity index (χ4v) is 4.19. The quantitative estimate of drug-likeness (QED) is 0.255. The van der Waals surface area contributed by atoms with Gasteiger partial charge in [0, 0.05) is 40.8 Å². The molecule has 0 aliphatic rings. The summed E-state index contributed by atoms with van der Waals surface area (Å²) in [5.41, 5.74) is 6.47. The SMILES string of the molecule is C=C(C)/C=C(\C=C/C)c1ncc(CNc2ncnc(-c3ccc4ncccc4c3)c2P)cc1OC. The van der Waals surface area contributed by atoms with Gasteiger partial charge in [0.2, 0.25) is 0 Å². The summed E-state index contributed by atoms with van der Waals surface area (Å²) in [6.45, 7) is 8.45. The highest BCUT2D eigenvalue weighted by Gasteiger charge is 2.13. The third-order valence-corrected chi connectivity index (χ3v) is 5.92. The van der Waals surface area contributed by atoms with Crippen LogP contribution in [0.1, 0.15) is 25.1 Å². The largest absolute Gasteiger partial charge is 0.494 e. The van der Waals surface area contributed by atoms with Crippen LogP contribution in [-0.4, -0.2) is 27.0 Å². The monoisotopic (exact) mass is 481 g/mol. The number of methoxy groups -OCH3 is 1. The van der Waals surface area contributed by atoms with Crippen LogP contribution < -0.4 is 15.4 Å². The van der Waals surface area contributed by atoms with Crippen LogP contribution in [0.2, 0.25) is 0 Å². The Bertz CT molecular complexity index is 1440. The second-order valence-corrected chi connectivity index (χ2v) is 8.67. The zero-order valence-electron chi connectivity index (χ0n) is 20.1. The molecule has 3 aromatic heterocycles. The number of rotatable bonds is 8. The van der Waals surface area contributed by atoms with Gasteiger partial charge in [0.1, 0.15) is 23.6 Å². The molecule has 6 nitrogen and oxygen atoms in total. The van der Waals surface area contributed by atoms with Gasteiger partial charge in [-0.2, -0.15) is 0 Å². The van der Waals surface area contributed by atoms with E-state index in [1.54, 1.807) is 19.6 Å². The molecule has 1 unspecified atom stereocenters. The number of anilines is 1. The van der Waals surface area contributed by atoms with Crippen LogP contribution in [-0.2, 0) is 6.54 Å². The van der Waals surface area contributed by atoms with Crippen molar-refractivity contribution in [3.8, 4) is 17.0 Å². The van der Waals surface area contributed by atoms with Crippen molar-refractivity contribution < 1.29 is 4.74 Å². The van der Waals surface area contributed by atoms with E-state index in [4.69, 9.17) is 4.74 Å². The molecule has 176 valence electrons. The number of aromatic nitrogens is 4. The van der Waals surface area contributed by atoms with E-state index in [0.717, 1.165) is 55.7 Å². The van der Waals surface area contributed by atoms with E-state index in [9.17, 15) is 0 Å². The first kappa shape index (κ1) is 24.2. The number of allylic oxidation sites excluding steroid dienone is 5. The Labute approximate surface area is 208 Å². The number of ether oxygens (including phenoxy) is 1. The van der Waals surface area contributed by atoms with Crippen molar-refractivity contribution in [2.24, 2.45) is 0 Å². The standard InChI is InChI=1S/C28H28N5OP/c1-5-7-21(12-18(2)3)25-24(34-4)13-19(15-30-25)16-31-28-27(35)26(32-17-33-28)22-9-10-23-20(14-22)8-6-11-29-23/h5-15,17H,2,16,35H2,1,3-4H3,(H,31,32,33)/b7-5-,21-12+. The average molecular weight is 482 g/mol. The zero-order valence-corrected chi connectivity index (χ0v) is 21.3. The van der Waals surface area contributed by atoms with Crippen molar-refractivity contribution in [3.63, 3.8) is 0 Å². The highest BCUT2D eigenvalue weighted by Crippen LogP contribution is 2.28. The Hall–Kier alpha value is -3.89. The number of nitrogens with zero attached hydrogens (tertiary/aromatic N) is 4. The van der Waals surface area contributed by atoms with Gasteiger partial charge in [-0.05, 0) is 43.7 Å². The van der Waals surface area contributed by atoms with Crippen molar-refractivity contribution in [1.82, 2.24) is 19.9 Å². The maximum atomic E-state index is 5.65. The van der Waals surface area contributed by atoms with Crippen LogP contribution in [0.15, 0.2) is 85.5 Å². The van der Waals surface area contributed by atoms with E-state index in [1.165, 1.54) is 0 Å². The van der Waals surface area contributed by atoms with Crippen molar-refractivity contribution in [2.75, 3.05) is 12.4 Å². The molecule has 0 radical (unpaired) electrons. The van der Waals surface area contributed by atoms with Gasteiger partial charge < -0.3 is 10.1 Å². The Kier molecular flexibility index (Phi) is 7.64. The number of hydrogen-bond acceptors (Lipinski definition) is 6. The molecule has 1 aromatic carbocycles. The predicted octanol–water partition coefficient (Wildman–Crippen LogP) is 5.74. The Morgan fingerprint density at radius 1 is 1.14 bits per heavy atom. The highest BCUT2D eigenvalue weighted by molar-refractivity contribution is 7.28.